The summed E-state index contributed by atoms with van der Waals surface area (Å²) in [6.07, 6.45) is 0. The highest BCUT2D eigenvalue weighted by Gasteiger charge is 2.21. The maximum absolute atomic E-state index is 11.4. The fourth-order valence-corrected chi connectivity index (χ4v) is 0.756. The minimum atomic E-state index is -0.399. The zero-order valence-electron chi connectivity index (χ0n) is 9.05. The van der Waals surface area contributed by atoms with Gasteiger partial charge in [-0.15, -0.1) is 12.4 Å². The molecule has 3 N–H and O–H groups in total. The summed E-state index contributed by atoms with van der Waals surface area (Å²) < 4.78 is 0. The number of rotatable bonds is 2. The first kappa shape index (κ1) is 15.2. The van der Waals surface area contributed by atoms with E-state index in [9.17, 15) is 4.79 Å². The molecule has 0 bridgehead atoms. The molecule has 3 nitrogen and oxygen atoms in total. The molecule has 0 aromatic rings. The number of hydrogen-bond acceptors (Lipinski definition) is 2. The number of halogens is 1. The first-order chi connectivity index (χ1) is 5.24. The van der Waals surface area contributed by atoms with Gasteiger partial charge in [0, 0.05) is 5.54 Å². The molecule has 0 aliphatic rings. The zero-order valence-corrected chi connectivity index (χ0v) is 9.87. The molecule has 0 aliphatic heterocycles. The number of nitrogens with two attached hydrogens (primary N) is 1. The smallest absolute Gasteiger partial charge is 0.237 e. The predicted octanol–water partition coefficient (Wildman–Crippen LogP) is 1.31. The van der Waals surface area contributed by atoms with Crippen molar-refractivity contribution in [3.05, 3.63) is 0 Å². The van der Waals surface area contributed by atoms with Gasteiger partial charge in [-0.25, -0.2) is 0 Å². The second-order valence-corrected chi connectivity index (χ2v) is 4.51. The van der Waals surface area contributed by atoms with Gasteiger partial charge in [0.15, 0.2) is 0 Å². The molecule has 1 atom stereocenters. The van der Waals surface area contributed by atoms with Crippen molar-refractivity contribution in [1.29, 1.82) is 0 Å². The summed E-state index contributed by atoms with van der Waals surface area (Å²) in [6, 6.07) is -0.399. The Balaban J connectivity index is 0. The SMILES string of the molecule is CC(C)[C@H](N)C(=O)NC(C)(C)C.Cl. The zero-order chi connectivity index (χ0) is 9.94. The number of hydrogen-bond donors (Lipinski definition) is 2. The summed E-state index contributed by atoms with van der Waals surface area (Å²) in [5.74, 6) is 0.116. The van der Waals surface area contributed by atoms with Crippen LogP contribution in [0.2, 0.25) is 0 Å². The van der Waals surface area contributed by atoms with Gasteiger partial charge in [-0.1, -0.05) is 13.8 Å². The lowest BCUT2D eigenvalue weighted by molar-refractivity contribution is -0.124. The Morgan fingerprint density at radius 2 is 1.69 bits per heavy atom. The second-order valence-electron chi connectivity index (χ2n) is 4.51. The molecule has 80 valence electrons. The molecule has 0 spiro atoms. The van der Waals surface area contributed by atoms with Gasteiger partial charge in [0.05, 0.1) is 6.04 Å². The van der Waals surface area contributed by atoms with Crippen LogP contribution >= 0.6 is 12.4 Å². The van der Waals surface area contributed by atoms with Gasteiger partial charge < -0.3 is 11.1 Å². The monoisotopic (exact) mass is 208 g/mol. The Morgan fingerprint density at radius 3 is 1.92 bits per heavy atom. The molecule has 0 unspecified atom stereocenters. The molecule has 0 rings (SSSR count). The lowest BCUT2D eigenvalue weighted by Crippen LogP contribution is -2.50. The van der Waals surface area contributed by atoms with Crippen molar-refractivity contribution in [2.24, 2.45) is 11.7 Å². The first-order valence-corrected chi connectivity index (χ1v) is 4.31. The summed E-state index contributed by atoms with van der Waals surface area (Å²) in [6.45, 7) is 9.70. The molecule has 0 saturated carbocycles. The van der Waals surface area contributed by atoms with E-state index in [0.717, 1.165) is 0 Å². The Morgan fingerprint density at radius 1 is 1.31 bits per heavy atom. The molecule has 0 radical (unpaired) electrons. The number of carbonyl (C=O) groups excluding carboxylic acids is 1. The molecule has 0 saturated heterocycles. The average Bonchev–Trinajstić information content (AvgIpc) is 1.82. The lowest BCUT2D eigenvalue weighted by atomic mass is 10.0. The second kappa shape index (κ2) is 5.45. The largest absolute Gasteiger partial charge is 0.350 e. The molecule has 0 fully saturated rings. The highest BCUT2D eigenvalue weighted by molar-refractivity contribution is 5.85. The van der Waals surface area contributed by atoms with Crippen LogP contribution in [-0.4, -0.2) is 17.5 Å². The van der Waals surface area contributed by atoms with Crippen LogP contribution in [0.3, 0.4) is 0 Å². The van der Waals surface area contributed by atoms with Crippen molar-refractivity contribution < 1.29 is 4.79 Å². The van der Waals surface area contributed by atoms with Crippen LogP contribution in [0.4, 0.5) is 0 Å². The molecular weight excluding hydrogens is 188 g/mol. The third kappa shape index (κ3) is 6.84. The van der Waals surface area contributed by atoms with E-state index < -0.39 is 6.04 Å². The summed E-state index contributed by atoms with van der Waals surface area (Å²) in [7, 11) is 0. The van der Waals surface area contributed by atoms with Crippen LogP contribution in [-0.2, 0) is 4.79 Å². The van der Waals surface area contributed by atoms with Crippen molar-refractivity contribution in [2.75, 3.05) is 0 Å². The first-order valence-electron chi connectivity index (χ1n) is 4.31. The Labute approximate surface area is 86.9 Å². The summed E-state index contributed by atoms with van der Waals surface area (Å²) in [5, 5.41) is 2.84. The summed E-state index contributed by atoms with van der Waals surface area (Å²) >= 11 is 0. The van der Waals surface area contributed by atoms with E-state index in [2.05, 4.69) is 5.32 Å². The van der Waals surface area contributed by atoms with Crippen LogP contribution in [0.1, 0.15) is 34.6 Å². The minimum Gasteiger partial charge on any atom is -0.350 e. The minimum absolute atomic E-state index is 0. The third-order valence-electron chi connectivity index (χ3n) is 1.52. The van der Waals surface area contributed by atoms with Crippen LogP contribution in [0.25, 0.3) is 0 Å². The molecular formula is C9H21ClN2O. The van der Waals surface area contributed by atoms with Crippen molar-refractivity contribution in [3.8, 4) is 0 Å². The molecule has 0 aromatic heterocycles. The molecule has 0 aliphatic carbocycles. The van der Waals surface area contributed by atoms with Crippen molar-refractivity contribution >= 4 is 18.3 Å². The van der Waals surface area contributed by atoms with Crippen LogP contribution in [0.5, 0.6) is 0 Å². The number of carbonyl (C=O) groups is 1. The predicted molar refractivity (Wildman–Crippen MR) is 58.0 cm³/mol. The van der Waals surface area contributed by atoms with E-state index in [1.807, 2.05) is 34.6 Å². The standard InChI is InChI=1S/C9H20N2O.ClH/c1-6(2)7(10)8(12)11-9(3,4)5;/h6-7H,10H2,1-5H3,(H,11,12);1H/t7-;/m0./s1. The molecule has 1 amide bonds. The third-order valence-corrected chi connectivity index (χ3v) is 1.52. The molecule has 4 heteroatoms. The van der Waals surface area contributed by atoms with Crippen LogP contribution in [0.15, 0.2) is 0 Å². The van der Waals surface area contributed by atoms with E-state index in [1.165, 1.54) is 0 Å². The molecule has 0 heterocycles. The van der Waals surface area contributed by atoms with Gasteiger partial charge >= 0.3 is 0 Å². The molecule has 0 aromatic carbocycles. The van der Waals surface area contributed by atoms with E-state index >= 15 is 0 Å². The average molecular weight is 209 g/mol. The normalized spacial score (nSPS) is 13.5. The summed E-state index contributed by atoms with van der Waals surface area (Å²) in [5.41, 5.74) is 5.46. The van der Waals surface area contributed by atoms with Crippen molar-refractivity contribution in [1.82, 2.24) is 5.32 Å². The van der Waals surface area contributed by atoms with Crippen molar-refractivity contribution in [2.45, 2.75) is 46.2 Å². The van der Waals surface area contributed by atoms with Gasteiger partial charge in [0.1, 0.15) is 0 Å². The summed E-state index contributed by atoms with van der Waals surface area (Å²) in [4.78, 5) is 11.4. The van der Waals surface area contributed by atoms with Gasteiger partial charge in [0.2, 0.25) is 5.91 Å². The Hall–Kier alpha value is -0.280. The Kier molecular flexibility index (Phi) is 6.37. The van der Waals surface area contributed by atoms with Crippen molar-refractivity contribution in [3.63, 3.8) is 0 Å². The van der Waals surface area contributed by atoms with E-state index in [4.69, 9.17) is 5.73 Å². The van der Waals surface area contributed by atoms with Crippen LogP contribution < -0.4 is 11.1 Å². The fourth-order valence-electron chi connectivity index (χ4n) is 0.756. The maximum Gasteiger partial charge on any atom is 0.237 e. The van der Waals surface area contributed by atoms with Crippen LogP contribution in [0, 0.1) is 5.92 Å². The number of nitrogens with one attached hydrogen (secondary N) is 1. The Bertz CT molecular complexity index is 163. The van der Waals surface area contributed by atoms with Gasteiger partial charge in [0.25, 0.3) is 0 Å². The van der Waals surface area contributed by atoms with E-state index in [0.29, 0.717) is 0 Å². The van der Waals surface area contributed by atoms with Gasteiger partial charge in [-0.2, -0.15) is 0 Å². The van der Waals surface area contributed by atoms with Gasteiger partial charge in [-0.3, -0.25) is 4.79 Å². The highest BCUT2D eigenvalue weighted by atomic mass is 35.5. The highest BCUT2D eigenvalue weighted by Crippen LogP contribution is 2.03. The molecule has 13 heavy (non-hydrogen) atoms. The van der Waals surface area contributed by atoms with E-state index in [1.54, 1.807) is 0 Å². The maximum atomic E-state index is 11.4. The van der Waals surface area contributed by atoms with E-state index in [-0.39, 0.29) is 29.8 Å². The quantitative estimate of drug-likeness (QED) is 0.719. The number of amides is 1. The topological polar surface area (TPSA) is 55.1 Å². The lowest BCUT2D eigenvalue weighted by Gasteiger charge is -2.24. The van der Waals surface area contributed by atoms with Gasteiger partial charge in [-0.05, 0) is 26.7 Å². The fraction of sp³-hybridized carbons (Fsp3) is 0.889.